The monoisotopic (exact) mass is 539 g/mol. The molecular weight excluding hydrogens is 509 g/mol. The van der Waals surface area contributed by atoms with Crippen molar-refractivity contribution in [2.75, 3.05) is 38.8 Å². The molecule has 39 heavy (non-hydrogen) atoms. The third-order valence-electron chi connectivity index (χ3n) is 6.26. The molecule has 11 heteroatoms. The van der Waals surface area contributed by atoms with Gasteiger partial charge in [-0.3, -0.25) is 19.3 Å². The molecule has 0 saturated carbocycles. The first-order valence-corrected chi connectivity index (χ1v) is 12.4. The Morgan fingerprint density at radius 1 is 1.05 bits per heavy atom. The third-order valence-corrected chi connectivity index (χ3v) is 6.26. The van der Waals surface area contributed by atoms with Gasteiger partial charge in [-0.25, -0.2) is 4.39 Å². The van der Waals surface area contributed by atoms with Crippen LogP contribution in [0, 0.1) is 5.82 Å². The Bertz CT molecular complexity index is 1290. The van der Waals surface area contributed by atoms with E-state index in [1.54, 1.807) is 24.3 Å². The van der Waals surface area contributed by atoms with Gasteiger partial charge in [-0.2, -0.15) is 0 Å². The van der Waals surface area contributed by atoms with Crippen LogP contribution in [0.5, 0.6) is 11.5 Å². The van der Waals surface area contributed by atoms with E-state index < -0.39 is 36.1 Å². The van der Waals surface area contributed by atoms with Crippen LogP contribution in [0.25, 0.3) is 0 Å². The first-order valence-electron chi connectivity index (χ1n) is 12.4. The Labute approximate surface area is 225 Å². The molecule has 3 aromatic rings. The summed E-state index contributed by atoms with van der Waals surface area (Å²) in [5, 5.41) is 5.37. The number of ether oxygens (including phenoxy) is 3. The number of carbonyl (C=O) groups is 3. The molecule has 2 atom stereocenters. The third kappa shape index (κ3) is 6.74. The second kappa shape index (κ2) is 12.9. The van der Waals surface area contributed by atoms with E-state index in [1.165, 1.54) is 44.7 Å². The molecule has 0 spiro atoms. The topological polar surface area (TPSA) is 119 Å². The molecule has 3 amide bonds. The summed E-state index contributed by atoms with van der Waals surface area (Å²) in [5.74, 6) is -1.61. The summed E-state index contributed by atoms with van der Waals surface area (Å²) in [6, 6.07) is 11.9. The Morgan fingerprint density at radius 2 is 1.87 bits per heavy atom. The van der Waals surface area contributed by atoms with Crippen molar-refractivity contribution < 1.29 is 37.4 Å². The molecule has 10 nitrogen and oxygen atoms in total. The number of nitrogens with zero attached hydrogens (tertiary/aromatic N) is 1. The number of furan rings is 1. The van der Waals surface area contributed by atoms with Crippen molar-refractivity contribution in [1.82, 2.24) is 10.6 Å². The fourth-order valence-electron chi connectivity index (χ4n) is 4.36. The van der Waals surface area contributed by atoms with Crippen LogP contribution < -0.4 is 25.0 Å². The molecule has 4 rings (SSSR count). The van der Waals surface area contributed by atoms with Crippen LogP contribution in [-0.4, -0.2) is 57.7 Å². The quantitative estimate of drug-likeness (QED) is 0.384. The second-order valence-electron chi connectivity index (χ2n) is 8.80. The van der Waals surface area contributed by atoms with Gasteiger partial charge in [0.15, 0.2) is 17.3 Å². The molecule has 2 N–H and O–H groups in total. The van der Waals surface area contributed by atoms with Gasteiger partial charge >= 0.3 is 0 Å². The van der Waals surface area contributed by atoms with Gasteiger partial charge in [-0.1, -0.05) is 12.1 Å². The molecule has 2 unspecified atom stereocenters. The standard InChI is InChI=1S/C28H30FN3O7/c1-36-22-11-10-18(14-24(22)37-2)26(28(35)30-16-21-8-4-12-38-21)32(20-7-3-6-19(29)15-20)25(33)17-31-27(34)23-9-5-13-39-23/h3,5-7,9-11,13-15,21,26H,4,8,12,16-17H2,1-2H3,(H,30,35)(H,31,34). The number of amides is 3. The number of hydrogen-bond donors (Lipinski definition) is 2. The molecular formula is C28H30FN3O7. The lowest BCUT2D eigenvalue weighted by atomic mass is 10.0. The lowest BCUT2D eigenvalue weighted by Gasteiger charge is -2.32. The Morgan fingerprint density at radius 3 is 2.54 bits per heavy atom. The van der Waals surface area contributed by atoms with Crippen LogP contribution in [0.2, 0.25) is 0 Å². The zero-order chi connectivity index (χ0) is 27.8. The normalized spacial score (nSPS) is 15.3. The highest BCUT2D eigenvalue weighted by atomic mass is 19.1. The first kappa shape index (κ1) is 27.6. The largest absolute Gasteiger partial charge is 0.493 e. The van der Waals surface area contributed by atoms with E-state index in [9.17, 15) is 18.8 Å². The first-order chi connectivity index (χ1) is 18.9. The van der Waals surface area contributed by atoms with Crippen molar-refractivity contribution in [3.05, 3.63) is 78.0 Å². The average molecular weight is 540 g/mol. The van der Waals surface area contributed by atoms with Crippen LogP contribution in [-0.2, 0) is 14.3 Å². The minimum absolute atomic E-state index is 0.0193. The molecule has 0 bridgehead atoms. The Hall–Kier alpha value is -4.38. The van der Waals surface area contributed by atoms with E-state index in [2.05, 4.69) is 10.6 Å². The van der Waals surface area contributed by atoms with E-state index >= 15 is 0 Å². The van der Waals surface area contributed by atoms with Gasteiger partial charge in [0.25, 0.3) is 5.91 Å². The zero-order valence-corrected chi connectivity index (χ0v) is 21.6. The zero-order valence-electron chi connectivity index (χ0n) is 21.6. The summed E-state index contributed by atoms with van der Waals surface area (Å²) in [5.41, 5.74) is 0.506. The van der Waals surface area contributed by atoms with Gasteiger partial charge in [-0.05, 0) is 60.9 Å². The van der Waals surface area contributed by atoms with Crippen molar-refractivity contribution in [2.24, 2.45) is 0 Å². The smallest absolute Gasteiger partial charge is 0.287 e. The number of methoxy groups -OCH3 is 2. The number of carbonyl (C=O) groups excluding carboxylic acids is 3. The second-order valence-corrected chi connectivity index (χ2v) is 8.80. The summed E-state index contributed by atoms with van der Waals surface area (Å²) in [4.78, 5) is 41.0. The van der Waals surface area contributed by atoms with Gasteiger partial charge in [0, 0.05) is 18.8 Å². The maximum Gasteiger partial charge on any atom is 0.287 e. The number of anilines is 1. The summed E-state index contributed by atoms with van der Waals surface area (Å²) in [6.45, 7) is 0.366. The predicted octanol–water partition coefficient (Wildman–Crippen LogP) is 3.24. The number of nitrogens with one attached hydrogen (secondary N) is 2. The molecule has 2 heterocycles. The summed E-state index contributed by atoms with van der Waals surface area (Å²) in [7, 11) is 2.93. The van der Waals surface area contributed by atoms with Crippen molar-refractivity contribution >= 4 is 23.4 Å². The maximum atomic E-state index is 14.4. The van der Waals surface area contributed by atoms with E-state index in [-0.39, 0.29) is 24.1 Å². The highest BCUT2D eigenvalue weighted by molar-refractivity contribution is 6.04. The Kier molecular flexibility index (Phi) is 9.16. The maximum absolute atomic E-state index is 14.4. The number of halogens is 1. The van der Waals surface area contributed by atoms with Gasteiger partial charge in [0.1, 0.15) is 11.9 Å². The molecule has 0 radical (unpaired) electrons. The summed E-state index contributed by atoms with van der Waals surface area (Å²) >= 11 is 0. The fourth-order valence-corrected chi connectivity index (χ4v) is 4.36. The predicted molar refractivity (Wildman–Crippen MR) is 139 cm³/mol. The van der Waals surface area contributed by atoms with Crippen LogP contribution in [0.15, 0.2) is 65.3 Å². The lowest BCUT2D eigenvalue weighted by molar-refractivity contribution is -0.126. The molecule has 2 aromatic carbocycles. The lowest BCUT2D eigenvalue weighted by Crippen LogP contribution is -2.48. The number of benzene rings is 2. The number of hydrogen-bond acceptors (Lipinski definition) is 7. The van der Waals surface area contributed by atoms with E-state index in [1.807, 2.05) is 0 Å². The van der Waals surface area contributed by atoms with Gasteiger partial charge < -0.3 is 29.3 Å². The van der Waals surface area contributed by atoms with Gasteiger partial charge in [0.2, 0.25) is 11.8 Å². The van der Waals surface area contributed by atoms with E-state index in [4.69, 9.17) is 18.6 Å². The van der Waals surface area contributed by atoms with Gasteiger partial charge in [-0.15, -0.1) is 0 Å². The molecule has 1 fully saturated rings. The summed E-state index contributed by atoms with van der Waals surface area (Å²) in [6.07, 6.45) is 2.88. The molecule has 1 saturated heterocycles. The molecule has 0 aliphatic carbocycles. The van der Waals surface area contributed by atoms with Crippen LogP contribution in [0.1, 0.15) is 35.0 Å². The average Bonchev–Trinajstić information content (AvgIpc) is 3.68. The van der Waals surface area contributed by atoms with Crippen LogP contribution >= 0.6 is 0 Å². The minimum atomic E-state index is -1.25. The highest BCUT2D eigenvalue weighted by Crippen LogP contribution is 2.34. The summed E-state index contributed by atoms with van der Waals surface area (Å²) < 4.78 is 35.8. The van der Waals surface area contributed by atoms with E-state index in [0.29, 0.717) is 23.7 Å². The van der Waals surface area contributed by atoms with Crippen molar-refractivity contribution in [2.45, 2.75) is 25.0 Å². The van der Waals surface area contributed by atoms with E-state index in [0.717, 1.165) is 23.8 Å². The molecule has 1 aliphatic heterocycles. The van der Waals surface area contributed by atoms with Crippen molar-refractivity contribution in [3.8, 4) is 11.5 Å². The highest BCUT2D eigenvalue weighted by Gasteiger charge is 2.34. The minimum Gasteiger partial charge on any atom is -0.493 e. The molecule has 1 aliphatic rings. The Balaban J connectivity index is 1.71. The SMILES string of the molecule is COc1ccc(C(C(=O)NCC2CCCO2)N(C(=O)CNC(=O)c2ccco2)c2cccc(F)c2)cc1OC. The fraction of sp³-hybridized carbons (Fsp3) is 0.321. The van der Waals surface area contributed by atoms with Crippen LogP contribution in [0.4, 0.5) is 10.1 Å². The van der Waals surface area contributed by atoms with Crippen molar-refractivity contribution in [3.63, 3.8) is 0 Å². The number of rotatable bonds is 11. The molecule has 206 valence electrons. The molecule has 1 aromatic heterocycles. The van der Waals surface area contributed by atoms with Crippen LogP contribution in [0.3, 0.4) is 0 Å². The van der Waals surface area contributed by atoms with Crippen molar-refractivity contribution in [1.29, 1.82) is 0 Å². The van der Waals surface area contributed by atoms with Gasteiger partial charge in [0.05, 0.1) is 33.1 Å².